The third kappa shape index (κ3) is 6.56. The van der Waals surface area contributed by atoms with Crippen molar-refractivity contribution in [3.8, 4) is 0 Å². The van der Waals surface area contributed by atoms with Gasteiger partial charge in [-0.25, -0.2) is 9.59 Å². The maximum atomic E-state index is 11.4. The molecular weight excluding hydrogens is 262 g/mol. The highest BCUT2D eigenvalue weighted by atomic mass is 16.5. The van der Waals surface area contributed by atoms with E-state index in [0.29, 0.717) is 6.42 Å². The molecule has 1 aliphatic rings. The number of esters is 2. The van der Waals surface area contributed by atoms with E-state index in [1.807, 2.05) is 0 Å². The number of methoxy groups -OCH3 is 1. The molecule has 0 unspecified atom stereocenters. The van der Waals surface area contributed by atoms with Gasteiger partial charge in [-0.05, 0) is 45.3 Å². The Bertz CT molecular complexity index is 391. The number of carbonyl (C=O) groups excluding carboxylic acids is 2. The quantitative estimate of drug-likeness (QED) is 0.330. The molecule has 6 heteroatoms. The van der Waals surface area contributed by atoms with Crippen LogP contribution in [0.15, 0.2) is 11.8 Å². The van der Waals surface area contributed by atoms with Gasteiger partial charge in [0.1, 0.15) is 0 Å². The third-order valence-electron chi connectivity index (χ3n) is 3.15. The van der Waals surface area contributed by atoms with Gasteiger partial charge in [-0.2, -0.15) is 0 Å². The van der Waals surface area contributed by atoms with Gasteiger partial charge in [-0.3, -0.25) is 0 Å². The Labute approximate surface area is 120 Å². The first kappa shape index (κ1) is 14.8. The predicted molar refractivity (Wildman–Crippen MR) is 73.2 cm³/mol. The fraction of sp³-hybridized carbons (Fsp3) is 0.714. The van der Waals surface area contributed by atoms with Crippen molar-refractivity contribution >= 4 is 11.9 Å². The molecule has 6 nitrogen and oxygen atoms in total. The number of likely N-dealkylation sites (tertiary alicyclic amines) is 1. The number of piperidine rings is 1. The average Bonchev–Trinajstić information content (AvgIpc) is 2.53. The summed E-state index contributed by atoms with van der Waals surface area (Å²) in [6, 6.07) is -0.877. The Morgan fingerprint density at radius 3 is 2.65 bits per heavy atom. The van der Waals surface area contributed by atoms with Crippen LogP contribution >= 0.6 is 0 Å². The second-order valence-corrected chi connectivity index (χ2v) is 4.71. The zero-order chi connectivity index (χ0) is 15.7. The number of aliphatic hydroxyl groups is 1. The molecular formula is C14H23NO5. The average molecular weight is 286 g/mol. The Balaban J connectivity index is 2.19. The largest absolute Gasteiger partial charge is 0.502 e. The monoisotopic (exact) mass is 286 g/mol. The number of hydrogen-bond acceptors (Lipinski definition) is 6. The van der Waals surface area contributed by atoms with Crippen LogP contribution in [0.4, 0.5) is 0 Å². The number of unbranched alkanes of at least 4 members (excludes halogenated alkanes) is 1. The molecule has 0 spiro atoms. The van der Waals surface area contributed by atoms with Gasteiger partial charge in [-0.1, -0.05) is 6.42 Å². The van der Waals surface area contributed by atoms with E-state index >= 15 is 0 Å². The van der Waals surface area contributed by atoms with Gasteiger partial charge < -0.3 is 19.5 Å². The first-order chi connectivity index (χ1) is 10.1. The molecule has 0 aromatic heterocycles. The molecule has 0 radical (unpaired) electrons. The van der Waals surface area contributed by atoms with Crippen molar-refractivity contribution in [1.82, 2.24) is 4.90 Å². The third-order valence-corrected chi connectivity index (χ3v) is 3.15. The number of ether oxygens (including phenoxy) is 2. The zero-order valence-electron chi connectivity index (χ0n) is 12.9. The molecule has 1 N–H and O–H groups in total. The lowest BCUT2D eigenvalue weighted by Gasteiger charge is -2.26. The molecule has 1 fully saturated rings. The highest BCUT2D eigenvalue weighted by Gasteiger charge is 2.11. The van der Waals surface area contributed by atoms with Crippen LogP contribution in [-0.4, -0.2) is 55.3 Å². The lowest BCUT2D eigenvalue weighted by Crippen LogP contribution is -2.30. The maximum absolute atomic E-state index is 11.4. The summed E-state index contributed by atoms with van der Waals surface area (Å²) >= 11 is 0. The molecule has 0 atom stereocenters. The Morgan fingerprint density at radius 2 is 2.00 bits per heavy atom. The fourth-order valence-corrected chi connectivity index (χ4v) is 2.07. The van der Waals surface area contributed by atoms with Gasteiger partial charge in [0.25, 0.3) is 0 Å². The minimum absolute atomic E-state index is 0.170. The van der Waals surface area contributed by atoms with Crippen molar-refractivity contribution in [1.29, 1.82) is 0 Å². The zero-order valence-corrected chi connectivity index (χ0v) is 11.9. The lowest BCUT2D eigenvalue weighted by atomic mass is 10.1. The topological polar surface area (TPSA) is 76.1 Å². The maximum Gasteiger partial charge on any atom is 0.373 e. The lowest BCUT2D eigenvalue weighted by molar-refractivity contribution is -0.142. The van der Waals surface area contributed by atoms with Gasteiger partial charge in [0.2, 0.25) is 5.76 Å². The first-order valence-electron chi connectivity index (χ1n) is 7.44. The smallest absolute Gasteiger partial charge is 0.373 e. The molecule has 0 saturated carbocycles. The van der Waals surface area contributed by atoms with Crippen molar-refractivity contribution < 1.29 is 25.5 Å². The van der Waals surface area contributed by atoms with E-state index in [2.05, 4.69) is 9.64 Å². The van der Waals surface area contributed by atoms with E-state index in [9.17, 15) is 14.7 Å². The van der Waals surface area contributed by atoms with E-state index < -0.39 is 23.7 Å². The second kappa shape index (κ2) is 9.36. The molecule has 0 amide bonds. The Morgan fingerprint density at radius 1 is 1.30 bits per heavy atom. The molecule has 1 saturated heterocycles. The van der Waals surface area contributed by atoms with Crippen LogP contribution in [0.2, 0.25) is 0 Å². The Hall–Kier alpha value is -1.56. The molecule has 0 bridgehead atoms. The summed E-state index contributed by atoms with van der Waals surface area (Å²) in [6.07, 6.45) is 5.39. The molecule has 1 heterocycles. The van der Waals surface area contributed by atoms with Crippen molar-refractivity contribution in [3.05, 3.63) is 11.8 Å². The summed E-state index contributed by atoms with van der Waals surface area (Å²) < 4.78 is 16.4. The number of hydrogen-bond donors (Lipinski definition) is 1. The van der Waals surface area contributed by atoms with Crippen molar-refractivity contribution in [2.24, 2.45) is 0 Å². The van der Waals surface area contributed by atoms with E-state index in [0.717, 1.165) is 33.2 Å². The van der Waals surface area contributed by atoms with Crippen LogP contribution in [0.3, 0.4) is 0 Å². The molecule has 1 aliphatic heterocycles. The van der Waals surface area contributed by atoms with Crippen molar-refractivity contribution in [2.75, 3.05) is 33.4 Å². The predicted octanol–water partition coefficient (Wildman–Crippen LogP) is 1.41. The summed E-state index contributed by atoms with van der Waals surface area (Å²) in [7, 11) is 1.05. The minimum Gasteiger partial charge on any atom is -0.502 e. The van der Waals surface area contributed by atoms with Crippen molar-refractivity contribution in [3.63, 3.8) is 0 Å². The molecule has 1 rings (SSSR count). The van der Waals surface area contributed by atoms with Crippen LogP contribution in [-0.2, 0) is 19.1 Å². The van der Waals surface area contributed by atoms with Crippen LogP contribution in [0.1, 0.15) is 33.5 Å². The van der Waals surface area contributed by atoms with Gasteiger partial charge in [0.05, 0.1) is 21.1 Å². The van der Waals surface area contributed by atoms with Crippen LogP contribution in [0.25, 0.3) is 0 Å². The fourth-order valence-electron chi connectivity index (χ4n) is 2.07. The summed E-state index contributed by atoms with van der Waals surface area (Å²) in [5.41, 5.74) is 0. The number of carbonyl (C=O) groups is 2. The van der Waals surface area contributed by atoms with Gasteiger partial charge >= 0.3 is 11.9 Å². The summed E-state index contributed by atoms with van der Waals surface area (Å²) in [6.45, 7) is 3.41. The van der Waals surface area contributed by atoms with E-state index in [1.54, 1.807) is 0 Å². The summed E-state index contributed by atoms with van der Waals surface area (Å²) in [5.74, 6) is -3.17. The van der Waals surface area contributed by atoms with E-state index in [4.69, 9.17) is 6.11 Å². The Kier molecular flexibility index (Phi) is 6.95. The molecule has 20 heavy (non-hydrogen) atoms. The van der Waals surface area contributed by atoms with Gasteiger partial charge in [0, 0.05) is 0 Å². The highest BCUT2D eigenvalue weighted by Crippen LogP contribution is 2.09. The molecule has 0 aromatic carbocycles. The SMILES string of the molecule is [2H]/C(C(=O)OCCCCN1CCCCC1)=C(/O)C(=O)OC. The minimum atomic E-state index is -1.12. The number of rotatable bonds is 7. The van der Waals surface area contributed by atoms with Gasteiger partial charge in [0.15, 0.2) is 0 Å². The normalized spacial score (nSPS) is 17.9. The van der Waals surface area contributed by atoms with E-state index in [-0.39, 0.29) is 6.61 Å². The number of aliphatic hydroxyl groups excluding tert-OH is 1. The summed E-state index contributed by atoms with van der Waals surface area (Å²) in [5, 5.41) is 9.24. The van der Waals surface area contributed by atoms with Crippen LogP contribution < -0.4 is 0 Å². The first-order valence-corrected chi connectivity index (χ1v) is 6.94. The summed E-state index contributed by atoms with van der Waals surface area (Å²) in [4.78, 5) is 24.8. The number of nitrogens with zero attached hydrogens (tertiary/aromatic N) is 1. The standard InChI is InChI=1S/C14H23NO5/c1-19-14(18)12(16)11-13(17)20-10-6-5-9-15-7-3-2-4-8-15/h11,16H,2-10H2,1H3/b12-11-/i11D. The second-order valence-electron chi connectivity index (χ2n) is 4.71. The van der Waals surface area contributed by atoms with Crippen molar-refractivity contribution in [2.45, 2.75) is 32.1 Å². The molecule has 0 aliphatic carbocycles. The highest BCUT2D eigenvalue weighted by molar-refractivity contribution is 5.94. The van der Waals surface area contributed by atoms with E-state index in [1.165, 1.54) is 19.3 Å². The van der Waals surface area contributed by atoms with Crippen LogP contribution in [0, 0.1) is 0 Å². The molecule has 0 aromatic rings. The van der Waals surface area contributed by atoms with Gasteiger partial charge in [-0.15, -0.1) is 0 Å². The van der Waals surface area contributed by atoms with Crippen LogP contribution in [0.5, 0.6) is 0 Å². The molecule has 114 valence electrons.